The third-order valence-electron chi connectivity index (χ3n) is 4.59. The minimum Gasteiger partial charge on any atom is -0.490 e. The lowest BCUT2D eigenvalue weighted by atomic mass is 10.1. The average molecular weight is 424 g/mol. The number of nitrogens with one attached hydrogen (secondary N) is 1. The predicted molar refractivity (Wildman–Crippen MR) is 110 cm³/mol. The van der Waals surface area contributed by atoms with Crippen LogP contribution in [0.1, 0.15) is 19.4 Å². The van der Waals surface area contributed by atoms with E-state index >= 15 is 0 Å². The smallest absolute Gasteiger partial charge is 0.335 e. The highest BCUT2D eigenvalue weighted by Crippen LogP contribution is 2.36. The van der Waals surface area contributed by atoms with Gasteiger partial charge in [0.2, 0.25) is 6.79 Å². The van der Waals surface area contributed by atoms with E-state index in [1.54, 1.807) is 30.3 Å². The van der Waals surface area contributed by atoms with Gasteiger partial charge < -0.3 is 18.9 Å². The molecule has 9 nitrogen and oxygen atoms in total. The van der Waals surface area contributed by atoms with Gasteiger partial charge in [-0.1, -0.05) is 6.07 Å². The first-order valence-electron chi connectivity index (χ1n) is 9.72. The van der Waals surface area contributed by atoms with Gasteiger partial charge in [0.15, 0.2) is 23.0 Å². The third-order valence-corrected chi connectivity index (χ3v) is 4.59. The predicted octanol–water partition coefficient (Wildman–Crippen LogP) is 2.88. The zero-order chi connectivity index (χ0) is 22.0. The molecule has 1 fully saturated rings. The van der Waals surface area contributed by atoms with Crippen LogP contribution in [0.15, 0.2) is 42.0 Å². The molecule has 4 amide bonds. The molecule has 31 heavy (non-hydrogen) atoms. The Morgan fingerprint density at radius 1 is 0.968 bits per heavy atom. The number of urea groups is 1. The van der Waals surface area contributed by atoms with Crippen molar-refractivity contribution in [2.24, 2.45) is 0 Å². The Morgan fingerprint density at radius 2 is 1.71 bits per heavy atom. The summed E-state index contributed by atoms with van der Waals surface area (Å²) in [6, 6.07) is 8.88. The van der Waals surface area contributed by atoms with Crippen LogP contribution < -0.4 is 29.2 Å². The Balaban J connectivity index is 1.68. The lowest BCUT2D eigenvalue weighted by Gasteiger charge is -2.26. The number of carbonyl (C=O) groups is 3. The first kappa shape index (κ1) is 20.3. The number of benzene rings is 2. The summed E-state index contributed by atoms with van der Waals surface area (Å²) in [6.45, 7) is 4.65. The van der Waals surface area contributed by atoms with Gasteiger partial charge in [0.1, 0.15) is 5.57 Å². The van der Waals surface area contributed by atoms with Crippen LogP contribution in [0, 0.1) is 0 Å². The van der Waals surface area contributed by atoms with E-state index in [0.717, 1.165) is 4.90 Å². The Morgan fingerprint density at radius 3 is 2.48 bits per heavy atom. The van der Waals surface area contributed by atoms with Gasteiger partial charge in [-0.3, -0.25) is 14.9 Å². The second kappa shape index (κ2) is 8.39. The number of amides is 4. The molecule has 2 aromatic rings. The van der Waals surface area contributed by atoms with Crippen molar-refractivity contribution in [3.63, 3.8) is 0 Å². The molecule has 1 N–H and O–H groups in total. The standard InChI is InChI=1S/C22H20N2O7/c1-3-28-16-7-5-13(10-18(16)29-4-2)9-15-20(25)23-22(27)24(21(15)26)14-6-8-17-19(11-14)31-12-30-17/h5-11H,3-4,12H2,1-2H3,(H,23,25,27)/b15-9+. The van der Waals surface area contributed by atoms with E-state index in [1.807, 2.05) is 13.8 Å². The second-order valence-corrected chi connectivity index (χ2v) is 6.57. The van der Waals surface area contributed by atoms with E-state index < -0.39 is 17.8 Å². The Kier molecular flexibility index (Phi) is 5.48. The number of barbiturate groups is 1. The highest BCUT2D eigenvalue weighted by atomic mass is 16.7. The first-order chi connectivity index (χ1) is 15.0. The van der Waals surface area contributed by atoms with Crippen molar-refractivity contribution >= 4 is 29.6 Å². The fourth-order valence-electron chi connectivity index (χ4n) is 3.24. The van der Waals surface area contributed by atoms with E-state index in [9.17, 15) is 14.4 Å². The van der Waals surface area contributed by atoms with Gasteiger partial charge >= 0.3 is 6.03 Å². The zero-order valence-electron chi connectivity index (χ0n) is 17.0. The molecule has 0 unspecified atom stereocenters. The number of anilines is 1. The van der Waals surface area contributed by atoms with Gasteiger partial charge in [-0.25, -0.2) is 9.69 Å². The molecule has 4 rings (SSSR count). The Hall–Kier alpha value is -4.01. The average Bonchev–Trinajstić information content (AvgIpc) is 3.21. The molecule has 0 aliphatic carbocycles. The highest BCUT2D eigenvalue weighted by Gasteiger charge is 2.37. The number of nitrogens with zero attached hydrogens (tertiary/aromatic N) is 1. The molecule has 1 saturated heterocycles. The minimum atomic E-state index is -0.840. The van der Waals surface area contributed by atoms with E-state index in [0.29, 0.717) is 41.8 Å². The minimum absolute atomic E-state index is 0.0580. The quantitative estimate of drug-likeness (QED) is 0.562. The molecule has 0 spiro atoms. The number of fused-ring (bicyclic) bond motifs is 1. The number of hydrogen-bond acceptors (Lipinski definition) is 7. The van der Waals surface area contributed by atoms with Crippen molar-refractivity contribution in [2.45, 2.75) is 13.8 Å². The molecule has 0 saturated carbocycles. The number of imide groups is 2. The molecule has 0 atom stereocenters. The van der Waals surface area contributed by atoms with Crippen molar-refractivity contribution in [1.82, 2.24) is 5.32 Å². The molecule has 2 aliphatic heterocycles. The first-order valence-corrected chi connectivity index (χ1v) is 9.72. The summed E-state index contributed by atoms with van der Waals surface area (Å²) in [4.78, 5) is 38.8. The summed E-state index contributed by atoms with van der Waals surface area (Å²) in [7, 11) is 0. The molecule has 0 bridgehead atoms. The highest BCUT2D eigenvalue weighted by molar-refractivity contribution is 6.39. The summed E-state index contributed by atoms with van der Waals surface area (Å²) in [6.07, 6.45) is 1.41. The molecule has 0 aromatic heterocycles. The summed E-state index contributed by atoms with van der Waals surface area (Å²) < 4.78 is 21.7. The maximum atomic E-state index is 13.1. The monoisotopic (exact) mass is 424 g/mol. The summed E-state index contributed by atoms with van der Waals surface area (Å²) in [5, 5.41) is 2.20. The van der Waals surface area contributed by atoms with Crippen LogP contribution in [0.4, 0.5) is 10.5 Å². The van der Waals surface area contributed by atoms with E-state index in [4.69, 9.17) is 18.9 Å². The number of rotatable bonds is 6. The third kappa shape index (κ3) is 3.89. The van der Waals surface area contributed by atoms with Crippen molar-refractivity contribution < 1.29 is 33.3 Å². The van der Waals surface area contributed by atoms with Gasteiger partial charge in [0.05, 0.1) is 18.9 Å². The lowest BCUT2D eigenvalue weighted by molar-refractivity contribution is -0.122. The zero-order valence-corrected chi connectivity index (χ0v) is 17.0. The van der Waals surface area contributed by atoms with Crippen LogP contribution in [0.2, 0.25) is 0 Å². The molecule has 0 radical (unpaired) electrons. The van der Waals surface area contributed by atoms with Crippen molar-refractivity contribution in [3.05, 3.63) is 47.5 Å². The van der Waals surface area contributed by atoms with Crippen LogP contribution in [-0.2, 0) is 9.59 Å². The number of ether oxygens (including phenoxy) is 4. The van der Waals surface area contributed by atoms with E-state index in [2.05, 4.69) is 5.32 Å². The van der Waals surface area contributed by atoms with Gasteiger partial charge in [-0.05, 0) is 49.8 Å². The summed E-state index contributed by atoms with van der Waals surface area (Å²) in [5.74, 6) is 0.444. The Bertz CT molecular complexity index is 1090. The van der Waals surface area contributed by atoms with E-state index in [-0.39, 0.29) is 18.1 Å². The molecule has 160 valence electrons. The largest absolute Gasteiger partial charge is 0.490 e. The van der Waals surface area contributed by atoms with Crippen molar-refractivity contribution in [1.29, 1.82) is 0 Å². The van der Waals surface area contributed by atoms with Crippen molar-refractivity contribution in [2.75, 3.05) is 24.9 Å². The van der Waals surface area contributed by atoms with Gasteiger partial charge in [0.25, 0.3) is 11.8 Å². The SMILES string of the molecule is CCOc1ccc(/C=C2\C(=O)NC(=O)N(c3ccc4c(c3)OCO4)C2=O)cc1OCC. The topological polar surface area (TPSA) is 103 Å². The lowest BCUT2D eigenvalue weighted by Crippen LogP contribution is -2.54. The van der Waals surface area contributed by atoms with Crippen LogP contribution in [0.3, 0.4) is 0 Å². The van der Waals surface area contributed by atoms with Gasteiger partial charge in [-0.2, -0.15) is 0 Å². The maximum Gasteiger partial charge on any atom is 0.335 e. The van der Waals surface area contributed by atoms with Crippen molar-refractivity contribution in [3.8, 4) is 23.0 Å². The number of carbonyl (C=O) groups excluding carboxylic acids is 3. The molecule has 9 heteroatoms. The number of hydrogen-bond donors (Lipinski definition) is 1. The van der Waals surface area contributed by atoms with Gasteiger partial charge in [-0.15, -0.1) is 0 Å². The van der Waals surface area contributed by atoms with Crippen LogP contribution in [-0.4, -0.2) is 37.9 Å². The van der Waals surface area contributed by atoms with Crippen LogP contribution in [0.25, 0.3) is 6.08 Å². The second-order valence-electron chi connectivity index (χ2n) is 6.57. The van der Waals surface area contributed by atoms with Crippen LogP contribution in [0.5, 0.6) is 23.0 Å². The fraction of sp³-hybridized carbons (Fsp3) is 0.227. The molecule has 2 aromatic carbocycles. The molecular weight excluding hydrogens is 404 g/mol. The molecule has 2 heterocycles. The maximum absolute atomic E-state index is 13.1. The summed E-state index contributed by atoms with van der Waals surface area (Å²) >= 11 is 0. The molecular formula is C22H20N2O7. The summed E-state index contributed by atoms with van der Waals surface area (Å²) in [5.41, 5.74) is 0.612. The normalized spacial score (nSPS) is 16.5. The Labute approximate surface area is 178 Å². The van der Waals surface area contributed by atoms with Gasteiger partial charge in [0, 0.05) is 6.07 Å². The van der Waals surface area contributed by atoms with Crippen LogP contribution >= 0.6 is 0 Å². The fourth-order valence-corrected chi connectivity index (χ4v) is 3.24. The molecule has 2 aliphatic rings. The van der Waals surface area contributed by atoms with E-state index in [1.165, 1.54) is 12.1 Å².